The minimum Gasteiger partial charge on any atom is -0.449 e. The van der Waals surface area contributed by atoms with Gasteiger partial charge in [0, 0.05) is 6.42 Å². The number of thioether (sulfide) groups is 1. The van der Waals surface area contributed by atoms with Crippen molar-refractivity contribution in [1.29, 1.82) is 0 Å². The van der Waals surface area contributed by atoms with Gasteiger partial charge in [-0.15, -0.1) is 12.3 Å². The molecular formula is C10H11ClOS. The number of furan rings is 1. The van der Waals surface area contributed by atoms with Crippen LogP contribution in [0, 0.1) is 12.3 Å². The number of unbranched alkanes of at least 4 members (excludes halogenated alkanes) is 1. The fourth-order valence-electron chi connectivity index (χ4n) is 0.878. The van der Waals surface area contributed by atoms with Crippen LogP contribution in [0.1, 0.15) is 18.6 Å². The average Bonchev–Trinajstić information content (AvgIpc) is 2.51. The van der Waals surface area contributed by atoms with Crippen LogP contribution in [0.4, 0.5) is 0 Å². The molecule has 13 heavy (non-hydrogen) atoms. The predicted octanol–water partition coefficient (Wildman–Crippen LogP) is 3.58. The minimum atomic E-state index is 0.458. The summed E-state index contributed by atoms with van der Waals surface area (Å²) >= 11 is 7.43. The molecule has 0 amide bonds. The molecule has 0 saturated heterocycles. The summed E-state index contributed by atoms with van der Waals surface area (Å²) in [6.07, 6.45) is 7.05. The van der Waals surface area contributed by atoms with Gasteiger partial charge in [-0.05, 0) is 35.9 Å². The second-order valence-electron chi connectivity index (χ2n) is 2.57. The highest BCUT2D eigenvalue weighted by atomic mass is 35.5. The van der Waals surface area contributed by atoms with Crippen molar-refractivity contribution >= 4 is 23.4 Å². The molecule has 1 heterocycles. The molecule has 0 aliphatic heterocycles. The molecule has 0 saturated carbocycles. The zero-order valence-corrected chi connectivity index (χ0v) is 8.83. The van der Waals surface area contributed by atoms with E-state index >= 15 is 0 Å². The number of halogens is 1. The van der Waals surface area contributed by atoms with Gasteiger partial charge < -0.3 is 4.42 Å². The smallest absolute Gasteiger partial charge is 0.193 e. The maximum Gasteiger partial charge on any atom is 0.193 e. The molecule has 0 aliphatic rings. The van der Waals surface area contributed by atoms with E-state index in [0.717, 1.165) is 30.1 Å². The zero-order valence-electron chi connectivity index (χ0n) is 7.25. The van der Waals surface area contributed by atoms with Gasteiger partial charge in [-0.2, -0.15) is 11.8 Å². The molecule has 1 aromatic heterocycles. The number of terminal acetylenes is 1. The summed E-state index contributed by atoms with van der Waals surface area (Å²) < 4.78 is 5.19. The van der Waals surface area contributed by atoms with Gasteiger partial charge in [-0.25, -0.2) is 0 Å². The van der Waals surface area contributed by atoms with E-state index in [2.05, 4.69) is 5.92 Å². The third-order valence-corrected chi connectivity index (χ3v) is 2.75. The van der Waals surface area contributed by atoms with Crippen LogP contribution in [0.3, 0.4) is 0 Å². The summed E-state index contributed by atoms with van der Waals surface area (Å²) in [6, 6.07) is 3.66. The molecule has 0 N–H and O–H groups in total. The van der Waals surface area contributed by atoms with E-state index in [9.17, 15) is 0 Å². The zero-order chi connectivity index (χ0) is 9.52. The van der Waals surface area contributed by atoms with Gasteiger partial charge in [0.05, 0.1) is 5.75 Å². The third-order valence-electron chi connectivity index (χ3n) is 1.48. The topological polar surface area (TPSA) is 13.1 Å². The molecule has 1 nitrogen and oxygen atoms in total. The maximum absolute atomic E-state index is 5.62. The Morgan fingerprint density at radius 2 is 2.38 bits per heavy atom. The molecule has 70 valence electrons. The van der Waals surface area contributed by atoms with Gasteiger partial charge in [-0.3, -0.25) is 0 Å². The van der Waals surface area contributed by atoms with Crippen LogP contribution in [-0.4, -0.2) is 5.75 Å². The van der Waals surface area contributed by atoms with Crippen LogP contribution in [0.5, 0.6) is 0 Å². The van der Waals surface area contributed by atoms with Crippen molar-refractivity contribution in [3.05, 3.63) is 23.1 Å². The lowest BCUT2D eigenvalue weighted by atomic mass is 10.4. The highest BCUT2D eigenvalue weighted by Gasteiger charge is 1.98. The molecule has 1 aromatic rings. The number of hydrogen-bond donors (Lipinski definition) is 0. The van der Waals surface area contributed by atoms with Crippen LogP contribution in [-0.2, 0) is 5.75 Å². The molecule has 0 bridgehead atoms. The Kier molecular flexibility index (Phi) is 4.88. The summed E-state index contributed by atoms with van der Waals surface area (Å²) in [6.45, 7) is 0. The van der Waals surface area contributed by atoms with Gasteiger partial charge in [0.2, 0.25) is 0 Å². The van der Waals surface area contributed by atoms with Crippen molar-refractivity contribution in [3.63, 3.8) is 0 Å². The van der Waals surface area contributed by atoms with Crippen LogP contribution >= 0.6 is 23.4 Å². The minimum absolute atomic E-state index is 0.458. The molecule has 0 aliphatic carbocycles. The van der Waals surface area contributed by atoms with Crippen molar-refractivity contribution in [3.8, 4) is 12.3 Å². The van der Waals surface area contributed by atoms with Gasteiger partial charge in [0.1, 0.15) is 5.76 Å². The Bertz CT molecular complexity index is 287. The van der Waals surface area contributed by atoms with Gasteiger partial charge in [0.25, 0.3) is 0 Å². The van der Waals surface area contributed by atoms with Crippen LogP contribution in [0.25, 0.3) is 0 Å². The van der Waals surface area contributed by atoms with Crippen molar-refractivity contribution in [2.45, 2.75) is 18.6 Å². The molecule has 0 spiro atoms. The summed E-state index contributed by atoms with van der Waals surface area (Å²) in [4.78, 5) is 0. The Morgan fingerprint density at radius 3 is 3.00 bits per heavy atom. The van der Waals surface area contributed by atoms with Crippen molar-refractivity contribution < 1.29 is 4.42 Å². The highest BCUT2D eigenvalue weighted by molar-refractivity contribution is 7.98. The van der Waals surface area contributed by atoms with Crippen molar-refractivity contribution in [2.24, 2.45) is 0 Å². The standard InChI is InChI=1S/C10H11ClOS/c1-2-3-4-7-13-8-9-5-6-10(11)12-9/h1,5-6H,3-4,7-8H2. The first-order valence-electron chi connectivity index (χ1n) is 4.08. The lowest BCUT2D eigenvalue weighted by Crippen LogP contribution is -1.80. The molecule has 0 fully saturated rings. The third kappa shape index (κ3) is 4.31. The first kappa shape index (κ1) is 10.6. The van der Waals surface area contributed by atoms with Gasteiger partial charge in [0.15, 0.2) is 5.22 Å². The van der Waals surface area contributed by atoms with Crippen LogP contribution < -0.4 is 0 Å². The molecular weight excluding hydrogens is 204 g/mol. The largest absolute Gasteiger partial charge is 0.449 e. The summed E-state index contributed by atoms with van der Waals surface area (Å²) in [5.41, 5.74) is 0. The van der Waals surface area contributed by atoms with Crippen LogP contribution in [0.15, 0.2) is 16.5 Å². The highest BCUT2D eigenvalue weighted by Crippen LogP contribution is 2.18. The fraction of sp³-hybridized carbons (Fsp3) is 0.400. The lowest BCUT2D eigenvalue weighted by Gasteiger charge is -1.95. The molecule has 0 radical (unpaired) electrons. The second-order valence-corrected chi connectivity index (χ2v) is 4.04. The Morgan fingerprint density at radius 1 is 1.54 bits per heavy atom. The summed E-state index contributed by atoms with van der Waals surface area (Å²) in [5, 5.41) is 0.458. The van der Waals surface area contributed by atoms with E-state index in [0.29, 0.717) is 5.22 Å². The van der Waals surface area contributed by atoms with E-state index in [4.69, 9.17) is 22.4 Å². The van der Waals surface area contributed by atoms with Gasteiger partial charge in [-0.1, -0.05) is 0 Å². The molecule has 0 atom stereocenters. The Balaban J connectivity index is 2.10. The van der Waals surface area contributed by atoms with Crippen LogP contribution in [0.2, 0.25) is 5.22 Å². The van der Waals surface area contributed by atoms with Crippen molar-refractivity contribution in [2.75, 3.05) is 5.75 Å². The first-order chi connectivity index (χ1) is 6.33. The monoisotopic (exact) mass is 214 g/mol. The number of rotatable bonds is 5. The molecule has 3 heteroatoms. The predicted molar refractivity (Wildman–Crippen MR) is 57.9 cm³/mol. The van der Waals surface area contributed by atoms with E-state index in [1.807, 2.05) is 17.8 Å². The molecule has 1 rings (SSSR count). The normalized spacial score (nSPS) is 9.85. The van der Waals surface area contributed by atoms with E-state index in [1.54, 1.807) is 6.07 Å². The van der Waals surface area contributed by atoms with Crippen molar-refractivity contribution in [1.82, 2.24) is 0 Å². The Labute approximate surface area is 87.8 Å². The average molecular weight is 215 g/mol. The number of hydrogen-bond acceptors (Lipinski definition) is 2. The van der Waals surface area contributed by atoms with Gasteiger partial charge >= 0.3 is 0 Å². The molecule has 0 aromatic carbocycles. The van der Waals surface area contributed by atoms with E-state index < -0.39 is 0 Å². The summed E-state index contributed by atoms with van der Waals surface area (Å²) in [5.74, 6) is 5.48. The quantitative estimate of drug-likeness (QED) is 0.549. The van der Waals surface area contributed by atoms with E-state index in [-0.39, 0.29) is 0 Å². The SMILES string of the molecule is C#CCCCSCc1ccc(Cl)o1. The lowest BCUT2D eigenvalue weighted by molar-refractivity contribution is 0.532. The maximum atomic E-state index is 5.62. The Hall–Kier alpha value is -0.520. The second kappa shape index (κ2) is 6.01. The molecule has 0 unspecified atom stereocenters. The fourth-order valence-corrected chi connectivity index (χ4v) is 1.89. The first-order valence-corrected chi connectivity index (χ1v) is 5.61. The summed E-state index contributed by atoms with van der Waals surface area (Å²) in [7, 11) is 0. The van der Waals surface area contributed by atoms with E-state index in [1.165, 1.54) is 0 Å².